The quantitative estimate of drug-likeness (QED) is 0.549. The van der Waals surface area contributed by atoms with Crippen LogP contribution in [-0.4, -0.2) is 55.6 Å². The van der Waals surface area contributed by atoms with Gasteiger partial charge in [-0.25, -0.2) is 8.42 Å². The van der Waals surface area contributed by atoms with Crippen molar-refractivity contribution in [1.82, 2.24) is 8.87 Å². The Bertz CT molecular complexity index is 1330. The lowest BCUT2D eigenvalue weighted by Crippen LogP contribution is -2.48. The number of nitrogens with zero attached hydrogens (tertiary/aromatic N) is 3. The van der Waals surface area contributed by atoms with Crippen LogP contribution in [0.15, 0.2) is 52.4 Å². The van der Waals surface area contributed by atoms with Gasteiger partial charge in [0.25, 0.3) is 5.91 Å². The average Bonchev–Trinajstić information content (AvgIpc) is 3.15. The van der Waals surface area contributed by atoms with Crippen LogP contribution in [0.25, 0.3) is 10.2 Å². The minimum absolute atomic E-state index is 0.149. The van der Waals surface area contributed by atoms with Crippen molar-refractivity contribution in [2.75, 3.05) is 20.2 Å². The molecule has 8 nitrogen and oxygen atoms in total. The van der Waals surface area contributed by atoms with Gasteiger partial charge >= 0.3 is 0 Å². The number of ether oxygens (including phenoxy) is 2. The van der Waals surface area contributed by atoms with Gasteiger partial charge in [-0.1, -0.05) is 17.4 Å². The first-order valence-electron chi connectivity index (χ1n) is 10.8. The number of thiazole rings is 1. The van der Waals surface area contributed by atoms with Crippen molar-refractivity contribution in [2.24, 2.45) is 4.99 Å². The molecule has 0 radical (unpaired) electrons. The van der Waals surface area contributed by atoms with E-state index >= 15 is 0 Å². The van der Waals surface area contributed by atoms with Gasteiger partial charge in [-0.05, 0) is 57.2 Å². The Morgan fingerprint density at radius 2 is 1.82 bits per heavy atom. The number of carbonyl (C=O) groups excluding carboxylic acids is 1. The van der Waals surface area contributed by atoms with E-state index < -0.39 is 15.9 Å². The Morgan fingerprint density at radius 3 is 2.42 bits per heavy atom. The van der Waals surface area contributed by atoms with Crippen molar-refractivity contribution in [2.45, 2.75) is 44.4 Å². The number of methoxy groups -OCH3 is 1. The SMILES string of the molecule is CCn1c(=NC(=O)c2ccc(S(=O)(=O)N3CC(C)OC(C)C3)cc2)sc2cccc(OC)c21. The molecule has 33 heavy (non-hydrogen) atoms. The zero-order valence-electron chi connectivity index (χ0n) is 19.0. The molecule has 1 amide bonds. The highest BCUT2D eigenvalue weighted by Gasteiger charge is 2.32. The molecule has 2 heterocycles. The van der Waals surface area contributed by atoms with Crippen LogP contribution in [0, 0.1) is 0 Å². The third-order valence-electron chi connectivity index (χ3n) is 5.52. The molecule has 1 aliphatic rings. The molecule has 0 saturated carbocycles. The van der Waals surface area contributed by atoms with Gasteiger partial charge in [0.2, 0.25) is 10.0 Å². The summed E-state index contributed by atoms with van der Waals surface area (Å²) >= 11 is 1.41. The number of aromatic nitrogens is 1. The summed E-state index contributed by atoms with van der Waals surface area (Å²) in [6.45, 7) is 6.92. The highest BCUT2D eigenvalue weighted by atomic mass is 32.2. The minimum Gasteiger partial charge on any atom is -0.495 e. The Hall–Kier alpha value is -2.53. The molecule has 1 saturated heterocycles. The Kier molecular flexibility index (Phi) is 6.71. The molecule has 2 aromatic carbocycles. The maximum atomic E-state index is 13.0. The zero-order chi connectivity index (χ0) is 23.8. The third kappa shape index (κ3) is 4.61. The van der Waals surface area contributed by atoms with Gasteiger partial charge < -0.3 is 14.0 Å². The lowest BCUT2D eigenvalue weighted by molar-refractivity contribution is -0.0440. The molecule has 0 bridgehead atoms. The largest absolute Gasteiger partial charge is 0.495 e. The number of rotatable bonds is 5. The summed E-state index contributed by atoms with van der Waals surface area (Å²) in [6, 6.07) is 11.7. The Labute approximate surface area is 197 Å². The van der Waals surface area contributed by atoms with E-state index in [2.05, 4.69) is 4.99 Å². The molecule has 2 atom stereocenters. The summed E-state index contributed by atoms with van der Waals surface area (Å²) in [5, 5.41) is 0. The van der Waals surface area contributed by atoms with Gasteiger partial charge in [-0.2, -0.15) is 9.30 Å². The van der Waals surface area contributed by atoms with Crippen LogP contribution >= 0.6 is 11.3 Å². The summed E-state index contributed by atoms with van der Waals surface area (Å²) in [6.07, 6.45) is -0.346. The lowest BCUT2D eigenvalue weighted by atomic mass is 10.2. The highest BCUT2D eigenvalue weighted by Crippen LogP contribution is 2.27. The van der Waals surface area contributed by atoms with Crippen molar-refractivity contribution in [3.05, 3.63) is 52.8 Å². The van der Waals surface area contributed by atoms with E-state index in [-0.39, 0.29) is 17.1 Å². The van der Waals surface area contributed by atoms with E-state index in [0.29, 0.717) is 30.0 Å². The maximum Gasteiger partial charge on any atom is 0.279 e. The molecule has 1 aliphatic heterocycles. The second-order valence-corrected chi connectivity index (χ2v) is 10.9. The topological polar surface area (TPSA) is 90.2 Å². The molecular formula is C23H27N3O5S2. The van der Waals surface area contributed by atoms with Gasteiger partial charge in [0.1, 0.15) is 11.3 Å². The number of hydrogen-bond acceptors (Lipinski definition) is 6. The van der Waals surface area contributed by atoms with Crippen molar-refractivity contribution >= 4 is 37.5 Å². The number of sulfonamides is 1. The predicted octanol–water partition coefficient (Wildman–Crippen LogP) is 3.27. The summed E-state index contributed by atoms with van der Waals surface area (Å²) < 4.78 is 41.5. The van der Waals surface area contributed by atoms with Crippen molar-refractivity contribution < 1.29 is 22.7 Å². The highest BCUT2D eigenvalue weighted by molar-refractivity contribution is 7.89. The minimum atomic E-state index is -3.67. The fourth-order valence-electron chi connectivity index (χ4n) is 4.04. The van der Waals surface area contributed by atoms with Gasteiger partial charge in [-0.15, -0.1) is 0 Å². The molecule has 1 aromatic heterocycles. The fourth-order valence-corrected chi connectivity index (χ4v) is 6.74. The number of amides is 1. The van der Waals surface area contributed by atoms with Gasteiger partial charge in [-0.3, -0.25) is 4.79 Å². The van der Waals surface area contributed by atoms with Crippen LogP contribution in [0.2, 0.25) is 0 Å². The first kappa shape index (κ1) is 23.6. The van der Waals surface area contributed by atoms with Crippen LogP contribution in [0.3, 0.4) is 0 Å². The summed E-state index contributed by atoms with van der Waals surface area (Å²) in [7, 11) is -2.06. The van der Waals surface area contributed by atoms with Crippen LogP contribution < -0.4 is 9.54 Å². The average molecular weight is 490 g/mol. The molecule has 3 aromatic rings. The number of carbonyl (C=O) groups is 1. The van der Waals surface area contributed by atoms with Crippen LogP contribution in [0.5, 0.6) is 5.75 Å². The molecule has 176 valence electrons. The number of morpholine rings is 1. The smallest absolute Gasteiger partial charge is 0.279 e. The fraction of sp³-hybridized carbons (Fsp3) is 0.391. The first-order chi connectivity index (χ1) is 15.7. The van der Waals surface area contributed by atoms with Gasteiger partial charge in [0.15, 0.2) is 4.80 Å². The van der Waals surface area contributed by atoms with Gasteiger partial charge in [0.05, 0.1) is 28.9 Å². The number of hydrogen-bond donors (Lipinski definition) is 0. The summed E-state index contributed by atoms with van der Waals surface area (Å²) in [5.74, 6) is 0.293. The van der Waals surface area contributed by atoms with E-state index in [1.165, 1.54) is 39.9 Å². The molecule has 0 spiro atoms. The van der Waals surface area contributed by atoms with Gasteiger partial charge in [0, 0.05) is 25.2 Å². The van der Waals surface area contributed by atoms with E-state index in [9.17, 15) is 13.2 Å². The summed E-state index contributed by atoms with van der Waals surface area (Å²) in [4.78, 5) is 17.9. The van der Waals surface area contributed by atoms with E-state index in [1.54, 1.807) is 7.11 Å². The monoisotopic (exact) mass is 489 g/mol. The standard InChI is InChI=1S/C23H27N3O5S2/c1-5-26-21-19(30-4)7-6-8-20(21)32-23(26)24-22(27)17-9-11-18(12-10-17)33(28,29)25-13-15(2)31-16(3)14-25/h6-12,15-16H,5,13-14H2,1-4H3. The predicted molar refractivity (Wildman–Crippen MR) is 127 cm³/mol. The second-order valence-electron chi connectivity index (χ2n) is 7.96. The number of fused-ring (bicyclic) bond motifs is 1. The van der Waals surface area contributed by atoms with Crippen LogP contribution in [-0.2, 0) is 21.3 Å². The van der Waals surface area contributed by atoms with E-state index in [4.69, 9.17) is 9.47 Å². The van der Waals surface area contributed by atoms with Crippen LogP contribution in [0.4, 0.5) is 0 Å². The lowest BCUT2D eigenvalue weighted by Gasteiger charge is -2.34. The normalized spacial score (nSPS) is 20.3. The molecule has 4 rings (SSSR count). The van der Waals surface area contributed by atoms with Crippen LogP contribution in [0.1, 0.15) is 31.1 Å². The molecule has 10 heteroatoms. The first-order valence-corrected chi connectivity index (χ1v) is 13.0. The number of benzene rings is 2. The maximum absolute atomic E-state index is 13.0. The van der Waals surface area contributed by atoms with Crippen molar-refractivity contribution in [1.29, 1.82) is 0 Å². The second kappa shape index (κ2) is 9.38. The number of para-hydroxylation sites is 1. The Balaban J connectivity index is 1.64. The molecule has 0 aliphatic carbocycles. The third-order valence-corrected chi connectivity index (χ3v) is 8.41. The molecule has 1 fully saturated rings. The van der Waals surface area contributed by atoms with Crippen molar-refractivity contribution in [3.8, 4) is 5.75 Å². The Morgan fingerprint density at radius 1 is 1.15 bits per heavy atom. The molecule has 0 N–H and O–H groups in total. The van der Waals surface area contributed by atoms with E-state index in [0.717, 1.165) is 16.0 Å². The zero-order valence-corrected chi connectivity index (χ0v) is 20.6. The van der Waals surface area contributed by atoms with E-state index in [1.807, 2.05) is 43.5 Å². The molecule has 2 unspecified atom stereocenters. The number of aryl methyl sites for hydroxylation is 1. The van der Waals surface area contributed by atoms with Crippen molar-refractivity contribution in [3.63, 3.8) is 0 Å². The molecular weight excluding hydrogens is 462 g/mol. The summed E-state index contributed by atoms with van der Waals surface area (Å²) in [5.41, 5.74) is 1.22.